The fourth-order valence-electron chi connectivity index (χ4n) is 3.40. The molecule has 4 rings (SSSR count). The van der Waals surface area contributed by atoms with Crippen LogP contribution in [0.5, 0.6) is 0 Å². The number of para-hydroxylation sites is 1. The molecule has 0 saturated carbocycles. The molecule has 0 aliphatic carbocycles. The van der Waals surface area contributed by atoms with Crippen molar-refractivity contribution >= 4 is 52.9 Å². The number of aliphatic imine (C=N–C) groups is 1. The molecular formula is C21H26IN7OS. The molecule has 1 aliphatic heterocycles. The smallest absolute Gasteiger partial charge is 0.225 e. The van der Waals surface area contributed by atoms with Gasteiger partial charge in [0.2, 0.25) is 5.91 Å². The predicted molar refractivity (Wildman–Crippen MR) is 134 cm³/mol. The van der Waals surface area contributed by atoms with Crippen LogP contribution in [0.15, 0.2) is 46.8 Å². The number of benzene rings is 1. The summed E-state index contributed by atoms with van der Waals surface area (Å²) in [6.07, 6.45) is 0.449. The number of rotatable bonds is 6. The topological polar surface area (TPSA) is 96.2 Å². The maximum absolute atomic E-state index is 12.1. The van der Waals surface area contributed by atoms with Crippen molar-refractivity contribution in [3.05, 3.63) is 63.9 Å². The second-order valence-corrected chi connectivity index (χ2v) is 8.27. The van der Waals surface area contributed by atoms with Crippen molar-refractivity contribution in [2.24, 2.45) is 12.0 Å². The van der Waals surface area contributed by atoms with Gasteiger partial charge in [0.25, 0.3) is 0 Å². The average molecular weight is 551 g/mol. The van der Waals surface area contributed by atoms with Crippen molar-refractivity contribution < 1.29 is 4.79 Å². The van der Waals surface area contributed by atoms with Crippen LogP contribution >= 0.6 is 35.3 Å². The third kappa shape index (κ3) is 5.82. The molecule has 10 heteroatoms. The van der Waals surface area contributed by atoms with E-state index < -0.39 is 0 Å². The number of anilines is 1. The van der Waals surface area contributed by atoms with Crippen LogP contribution in [0.3, 0.4) is 0 Å². The molecule has 164 valence electrons. The molecule has 1 amide bonds. The van der Waals surface area contributed by atoms with E-state index in [1.165, 1.54) is 4.88 Å². The standard InChI is InChI=1S/C21H25N7OS.HI/c1-14-26-27-19(28(14)2)13-24-21(23-12-16-6-5-9-30-16)22-11-15-10-20(29)25-18-8-4-3-7-17(15)18;/h3-9,15H,10-13H2,1-2H3,(H,25,29)(H2,22,23,24);1H. The zero-order valence-electron chi connectivity index (χ0n) is 17.5. The summed E-state index contributed by atoms with van der Waals surface area (Å²) in [7, 11) is 1.93. The molecular weight excluding hydrogens is 525 g/mol. The van der Waals surface area contributed by atoms with Crippen LogP contribution in [0.4, 0.5) is 5.69 Å². The molecule has 3 aromatic rings. The minimum Gasteiger partial charge on any atom is -0.356 e. The quantitative estimate of drug-likeness (QED) is 0.249. The zero-order valence-corrected chi connectivity index (χ0v) is 20.6. The Morgan fingerprint density at radius 3 is 2.84 bits per heavy atom. The zero-order chi connectivity index (χ0) is 20.9. The lowest BCUT2D eigenvalue weighted by Crippen LogP contribution is -2.40. The average Bonchev–Trinajstić information content (AvgIpc) is 3.38. The number of aryl methyl sites for hydroxylation is 1. The molecule has 1 aromatic carbocycles. The SMILES string of the molecule is Cc1nnc(CN=C(NCc2cccs2)NCC2CC(=O)Nc3ccccc32)n1C.I. The van der Waals surface area contributed by atoms with E-state index in [1.807, 2.05) is 42.8 Å². The molecule has 2 aromatic heterocycles. The Balaban J connectivity index is 0.00000272. The molecule has 3 N–H and O–H groups in total. The van der Waals surface area contributed by atoms with Crippen molar-refractivity contribution in [2.45, 2.75) is 32.4 Å². The van der Waals surface area contributed by atoms with E-state index in [-0.39, 0.29) is 35.8 Å². The lowest BCUT2D eigenvalue weighted by Gasteiger charge is -2.26. The molecule has 0 bridgehead atoms. The molecule has 3 heterocycles. The summed E-state index contributed by atoms with van der Waals surface area (Å²) in [6.45, 7) is 3.63. The first-order valence-electron chi connectivity index (χ1n) is 9.88. The third-order valence-electron chi connectivity index (χ3n) is 5.19. The predicted octanol–water partition coefficient (Wildman–Crippen LogP) is 3.16. The van der Waals surface area contributed by atoms with E-state index in [1.54, 1.807) is 11.3 Å². The summed E-state index contributed by atoms with van der Waals surface area (Å²) >= 11 is 1.70. The number of fused-ring (bicyclic) bond motifs is 1. The van der Waals surface area contributed by atoms with Gasteiger partial charge in [-0.05, 0) is 30.0 Å². The minimum atomic E-state index is 0. The summed E-state index contributed by atoms with van der Waals surface area (Å²) in [5.74, 6) is 2.46. The number of hydrogen-bond donors (Lipinski definition) is 3. The van der Waals surface area contributed by atoms with Crippen molar-refractivity contribution in [2.75, 3.05) is 11.9 Å². The highest BCUT2D eigenvalue weighted by molar-refractivity contribution is 14.0. The van der Waals surface area contributed by atoms with Crippen LogP contribution in [-0.2, 0) is 24.9 Å². The fourth-order valence-corrected chi connectivity index (χ4v) is 4.05. The van der Waals surface area contributed by atoms with E-state index in [2.05, 4.69) is 43.7 Å². The van der Waals surface area contributed by atoms with E-state index in [4.69, 9.17) is 4.99 Å². The maximum atomic E-state index is 12.1. The maximum Gasteiger partial charge on any atom is 0.225 e. The van der Waals surface area contributed by atoms with Crippen molar-refractivity contribution in [3.8, 4) is 0 Å². The number of thiophene rings is 1. The molecule has 1 atom stereocenters. The summed E-state index contributed by atoms with van der Waals surface area (Å²) in [5, 5.41) is 20.1. The minimum absolute atomic E-state index is 0. The second-order valence-electron chi connectivity index (χ2n) is 7.24. The number of amides is 1. The molecule has 0 radical (unpaired) electrons. The van der Waals surface area contributed by atoms with Gasteiger partial charge in [-0.2, -0.15) is 0 Å². The highest BCUT2D eigenvalue weighted by Gasteiger charge is 2.24. The lowest BCUT2D eigenvalue weighted by molar-refractivity contribution is -0.116. The Labute approximate surface area is 202 Å². The van der Waals surface area contributed by atoms with E-state index >= 15 is 0 Å². The van der Waals surface area contributed by atoms with Crippen molar-refractivity contribution in [3.63, 3.8) is 0 Å². The van der Waals surface area contributed by atoms with Crippen LogP contribution in [0, 0.1) is 6.92 Å². The van der Waals surface area contributed by atoms with E-state index in [9.17, 15) is 4.79 Å². The van der Waals surface area contributed by atoms with Gasteiger partial charge in [-0.15, -0.1) is 45.5 Å². The van der Waals surface area contributed by atoms with E-state index in [0.717, 1.165) is 22.9 Å². The van der Waals surface area contributed by atoms with Gasteiger partial charge in [-0.3, -0.25) is 4.79 Å². The molecule has 1 aliphatic rings. The Bertz CT molecular complexity index is 1050. The first kappa shape index (κ1) is 23.2. The normalized spacial score (nSPS) is 15.6. The second kappa shape index (κ2) is 10.7. The van der Waals surface area contributed by atoms with Gasteiger partial charge in [0.1, 0.15) is 12.4 Å². The molecule has 31 heavy (non-hydrogen) atoms. The fraction of sp³-hybridized carbons (Fsp3) is 0.333. The summed E-state index contributed by atoms with van der Waals surface area (Å²) in [4.78, 5) is 18.0. The van der Waals surface area contributed by atoms with Gasteiger partial charge in [0.15, 0.2) is 11.8 Å². The van der Waals surface area contributed by atoms with Crippen molar-refractivity contribution in [1.82, 2.24) is 25.4 Å². The van der Waals surface area contributed by atoms with Crippen LogP contribution in [0.1, 0.15) is 34.4 Å². The molecule has 0 spiro atoms. The molecule has 0 fully saturated rings. The first-order chi connectivity index (χ1) is 14.6. The van der Waals surface area contributed by atoms with Gasteiger partial charge < -0.3 is 20.5 Å². The van der Waals surface area contributed by atoms with Gasteiger partial charge in [0.05, 0.1) is 6.54 Å². The Hall–Kier alpha value is -2.47. The third-order valence-corrected chi connectivity index (χ3v) is 6.07. The summed E-state index contributed by atoms with van der Waals surface area (Å²) in [5.41, 5.74) is 2.03. The highest BCUT2D eigenvalue weighted by Crippen LogP contribution is 2.31. The van der Waals surface area contributed by atoms with Gasteiger partial charge >= 0.3 is 0 Å². The van der Waals surface area contributed by atoms with Gasteiger partial charge in [0, 0.05) is 36.5 Å². The number of hydrogen-bond acceptors (Lipinski definition) is 5. The number of nitrogens with zero attached hydrogens (tertiary/aromatic N) is 4. The largest absolute Gasteiger partial charge is 0.356 e. The first-order valence-corrected chi connectivity index (χ1v) is 10.8. The molecule has 1 unspecified atom stereocenters. The number of halogens is 1. The number of carbonyl (C=O) groups excluding carboxylic acids is 1. The number of nitrogens with one attached hydrogen (secondary N) is 3. The van der Waals surface area contributed by atoms with Crippen LogP contribution in [0.2, 0.25) is 0 Å². The number of aromatic nitrogens is 3. The molecule has 8 nitrogen and oxygen atoms in total. The highest BCUT2D eigenvalue weighted by atomic mass is 127. The number of carbonyl (C=O) groups is 1. The lowest BCUT2D eigenvalue weighted by atomic mass is 9.90. The molecule has 0 saturated heterocycles. The Morgan fingerprint density at radius 1 is 1.26 bits per heavy atom. The van der Waals surface area contributed by atoms with Gasteiger partial charge in [-0.25, -0.2) is 4.99 Å². The van der Waals surface area contributed by atoms with Crippen LogP contribution in [0.25, 0.3) is 0 Å². The van der Waals surface area contributed by atoms with Gasteiger partial charge in [-0.1, -0.05) is 24.3 Å². The van der Waals surface area contributed by atoms with Crippen LogP contribution < -0.4 is 16.0 Å². The van der Waals surface area contributed by atoms with E-state index in [0.29, 0.717) is 32.0 Å². The monoisotopic (exact) mass is 551 g/mol. The number of guanidine groups is 1. The Kier molecular flexibility index (Phi) is 8.02. The van der Waals surface area contributed by atoms with Crippen LogP contribution in [-0.4, -0.2) is 33.2 Å². The Morgan fingerprint density at radius 2 is 2.10 bits per heavy atom. The summed E-state index contributed by atoms with van der Waals surface area (Å²) in [6, 6.07) is 12.1. The van der Waals surface area contributed by atoms with Crippen molar-refractivity contribution in [1.29, 1.82) is 0 Å². The summed E-state index contributed by atoms with van der Waals surface area (Å²) < 4.78 is 1.93.